The van der Waals surface area contributed by atoms with E-state index in [-0.39, 0.29) is 41.9 Å². The fourth-order valence-electron chi connectivity index (χ4n) is 5.80. The second-order valence-electron chi connectivity index (χ2n) is 12.1. The molecule has 43 heavy (non-hydrogen) atoms. The van der Waals surface area contributed by atoms with Gasteiger partial charge in [-0.3, -0.25) is 4.90 Å². The summed E-state index contributed by atoms with van der Waals surface area (Å²) < 4.78 is 45.1. The molecule has 12 heteroatoms. The Kier molecular flexibility index (Phi) is 11.4. The summed E-state index contributed by atoms with van der Waals surface area (Å²) in [7, 11) is -3.84. The fraction of sp³-hybridized carbons (Fsp3) is 0.581. The summed E-state index contributed by atoms with van der Waals surface area (Å²) in [5.41, 5.74) is 7.90. The molecule has 0 bridgehead atoms. The average molecular weight is 619 g/mol. The van der Waals surface area contributed by atoms with Crippen LogP contribution in [0.3, 0.4) is 0 Å². The number of ether oxygens (including phenoxy) is 3. The van der Waals surface area contributed by atoms with E-state index in [4.69, 9.17) is 19.9 Å². The lowest BCUT2D eigenvalue weighted by atomic mass is 9.90. The molecule has 4 rings (SSSR count). The van der Waals surface area contributed by atoms with Crippen LogP contribution in [-0.4, -0.2) is 88.3 Å². The number of phenolic OH excluding ortho intramolecular Hbond substituents is 1. The van der Waals surface area contributed by atoms with E-state index in [1.165, 1.54) is 23.3 Å². The van der Waals surface area contributed by atoms with Gasteiger partial charge in [-0.25, -0.2) is 17.9 Å². The highest BCUT2D eigenvalue weighted by atomic mass is 32.2. The number of carbonyl (C=O) groups is 1. The van der Waals surface area contributed by atoms with Gasteiger partial charge in [0.15, 0.2) is 0 Å². The molecule has 1 fully saturated rings. The Morgan fingerprint density at radius 2 is 1.70 bits per heavy atom. The summed E-state index contributed by atoms with van der Waals surface area (Å²) in [4.78, 5) is 15.0. The lowest BCUT2D eigenvalue weighted by Gasteiger charge is -2.43. The van der Waals surface area contributed by atoms with Crippen LogP contribution < -0.4 is 15.8 Å². The molecule has 2 aromatic rings. The molecule has 2 aliphatic rings. The van der Waals surface area contributed by atoms with Gasteiger partial charge in [0.25, 0.3) is 0 Å². The van der Waals surface area contributed by atoms with E-state index < -0.39 is 21.7 Å². The summed E-state index contributed by atoms with van der Waals surface area (Å²) >= 11 is 0. The van der Waals surface area contributed by atoms with Crippen molar-refractivity contribution in [3.63, 3.8) is 0 Å². The first-order valence-electron chi connectivity index (χ1n) is 15.0. The molecule has 2 atom stereocenters. The van der Waals surface area contributed by atoms with Gasteiger partial charge in [0.1, 0.15) is 11.4 Å². The number of piperidine rings is 1. The number of nitrogens with two attached hydrogens (primary N) is 1. The molecule has 1 unspecified atom stereocenters. The second kappa shape index (κ2) is 14.8. The smallest absolute Gasteiger partial charge is 0.407 e. The minimum atomic E-state index is -3.84. The number of alkyl carbamates (subject to hydrolysis) is 1. The van der Waals surface area contributed by atoms with Crippen molar-refractivity contribution in [3.8, 4) is 5.75 Å². The van der Waals surface area contributed by atoms with E-state index in [0.717, 1.165) is 12.8 Å². The molecular formula is C31H46N4O7S. The van der Waals surface area contributed by atoms with Crippen LogP contribution in [0.25, 0.3) is 0 Å². The van der Waals surface area contributed by atoms with Gasteiger partial charge in [0.2, 0.25) is 10.0 Å². The highest BCUT2D eigenvalue weighted by molar-refractivity contribution is 7.89. The van der Waals surface area contributed by atoms with E-state index in [1.807, 2.05) is 32.9 Å². The molecule has 1 heterocycles. The molecule has 5 N–H and O–H groups in total. The number of fused-ring (bicyclic) bond motifs is 1. The Morgan fingerprint density at radius 1 is 1.02 bits per heavy atom. The van der Waals surface area contributed by atoms with Gasteiger partial charge in [-0.15, -0.1) is 0 Å². The summed E-state index contributed by atoms with van der Waals surface area (Å²) in [6, 6.07) is 12.5. The van der Waals surface area contributed by atoms with E-state index >= 15 is 0 Å². The lowest BCUT2D eigenvalue weighted by Crippen LogP contribution is -2.53. The highest BCUT2D eigenvalue weighted by Gasteiger charge is 2.38. The van der Waals surface area contributed by atoms with Crippen molar-refractivity contribution in [3.05, 3.63) is 59.2 Å². The first-order chi connectivity index (χ1) is 20.5. The van der Waals surface area contributed by atoms with Crippen LogP contribution in [0.4, 0.5) is 4.79 Å². The molecular weight excluding hydrogens is 572 g/mol. The fourth-order valence-corrected chi connectivity index (χ4v) is 6.85. The number of likely N-dealkylation sites (tertiary alicyclic amines) is 1. The molecule has 0 radical (unpaired) electrons. The minimum absolute atomic E-state index is 0.0452. The maximum absolute atomic E-state index is 13.2. The van der Waals surface area contributed by atoms with Crippen LogP contribution in [0.5, 0.6) is 5.75 Å². The molecule has 1 amide bonds. The van der Waals surface area contributed by atoms with Crippen molar-refractivity contribution < 1.29 is 32.5 Å². The number of nitrogens with one attached hydrogen (secondary N) is 2. The van der Waals surface area contributed by atoms with Crippen LogP contribution in [0.15, 0.2) is 47.4 Å². The average Bonchev–Trinajstić information content (AvgIpc) is 3.38. The van der Waals surface area contributed by atoms with Gasteiger partial charge in [-0.1, -0.05) is 24.3 Å². The number of rotatable bonds is 13. The maximum Gasteiger partial charge on any atom is 0.407 e. The van der Waals surface area contributed by atoms with Crippen LogP contribution in [0.1, 0.15) is 56.3 Å². The first kappa shape index (κ1) is 33.2. The molecule has 238 valence electrons. The van der Waals surface area contributed by atoms with Gasteiger partial charge < -0.3 is 30.4 Å². The van der Waals surface area contributed by atoms with Crippen LogP contribution in [0.2, 0.25) is 0 Å². The van der Waals surface area contributed by atoms with Crippen molar-refractivity contribution in [2.24, 2.45) is 5.73 Å². The maximum atomic E-state index is 13.2. The Balaban J connectivity index is 1.48. The molecule has 1 aliphatic heterocycles. The molecule has 2 aromatic carbocycles. The van der Waals surface area contributed by atoms with Crippen LogP contribution >= 0.6 is 0 Å². The van der Waals surface area contributed by atoms with E-state index in [9.17, 15) is 18.3 Å². The van der Waals surface area contributed by atoms with Crippen molar-refractivity contribution in [1.82, 2.24) is 14.9 Å². The normalized spacial score (nSPS) is 19.7. The number of carbonyl (C=O) groups excluding carboxylic acids is 1. The topological polar surface area (TPSA) is 152 Å². The number of benzene rings is 2. The zero-order valence-corrected chi connectivity index (χ0v) is 26.2. The predicted octanol–water partition coefficient (Wildman–Crippen LogP) is 2.86. The standard InChI is InChI=1S/C31H46N4O7S/c1-31(2,3)42-30(37)34-24-8-10-28(35(21-24)25-18-22-6-4-5-7-23(22)19-25)27-20-26(9-11-29(27)36)43(38,39)33-13-15-41-17-16-40-14-12-32/h4-7,9,11,20,24-25,28,33,36H,8,10,12-19,21,32H2,1-3H3,(H,34,37)/t24-,28?/m1/s1. The number of hydrogen-bond acceptors (Lipinski definition) is 9. The number of aromatic hydroxyl groups is 1. The third kappa shape index (κ3) is 9.37. The Labute approximate surface area is 255 Å². The number of amides is 1. The zero-order chi connectivity index (χ0) is 31.0. The monoisotopic (exact) mass is 618 g/mol. The highest BCUT2D eigenvalue weighted by Crippen LogP contribution is 2.41. The van der Waals surface area contributed by atoms with E-state index in [2.05, 4.69) is 27.1 Å². The minimum Gasteiger partial charge on any atom is -0.508 e. The van der Waals surface area contributed by atoms with Gasteiger partial charge in [0, 0.05) is 43.3 Å². The third-order valence-corrected chi connectivity index (χ3v) is 9.14. The Bertz CT molecular complexity index is 1310. The third-order valence-electron chi connectivity index (χ3n) is 7.68. The summed E-state index contributed by atoms with van der Waals surface area (Å²) in [6.07, 6.45) is 2.49. The summed E-state index contributed by atoms with van der Waals surface area (Å²) in [5, 5.41) is 14.0. The first-order valence-corrected chi connectivity index (χ1v) is 16.5. The van der Waals surface area contributed by atoms with Gasteiger partial charge in [-0.05, 0) is 75.8 Å². The lowest BCUT2D eigenvalue weighted by molar-refractivity contribution is 0.0383. The molecule has 0 spiro atoms. The number of phenols is 1. The van der Waals surface area contributed by atoms with Crippen LogP contribution in [-0.2, 0) is 37.1 Å². The van der Waals surface area contributed by atoms with Gasteiger partial charge in [0.05, 0.1) is 31.3 Å². The van der Waals surface area contributed by atoms with Crippen molar-refractivity contribution in [2.75, 3.05) is 46.1 Å². The predicted molar refractivity (Wildman–Crippen MR) is 163 cm³/mol. The molecule has 0 aromatic heterocycles. The quantitative estimate of drug-likeness (QED) is 0.248. The van der Waals surface area contributed by atoms with Gasteiger partial charge >= 0.3 is 6.09 Å². The Morgan fingerprint density at radius 3 is 2.35 bits per heavy atom. The van der Waals surface area contributed by atoms with Gasteiger partial charge in [-0.2, -0.15) is 0 Å². The summed E-state index contributed by atoms with van der Waals surface area (Å²) in [6.45, 7) is 7.96. The molecule has 1 saturated heterocycles. The molecule has 0 saturated carbocycles. The second-order valence-corrected chi connectivity index (χ2v) is 13.9. The SMILES string of the molecule is CC(C)(C)OC(=O)N[C@@H]1CCC(c2cc(S(=O)(=O)NCCOCCOCCN)ccc2O)N(C2Cc3ccccc3C2)C1. The van der Waals surface area contributed by atoms with Crippen LogP contribution in [0, 0.1) is 0 Å². The number of sulfonamides is 1. The van der Waals surface area contributed by atoms with E-state index in [1.54, 1.807) is 6.07 Å². The Hall–Kier alpha value is -2.74. The molecule has 11 nitrogen and oxygen atoms in total. The van der Waals surface area contributed by atoms with E-state index in [0.29, 0.717) is 51.3 Å². The molecule has 1 aliphatic carbocycles. The number of nitrogens with zero attached hydrogens (tertiary/aromatic N) is 1. The number of hydrogen-bond donors (Lipinski definition) is 4. The van der Waals surface area contributed by atoms with Crippen molar-refractivity contribution in [2.45, 2.75) is 75.1 Å². The largest absolute Gasteiger partial charge is 0.508 e. The summed E-state index contributed by atoms with van der Waals surface area (Å²) in [5.74, 6) is 0.0452. The van der Waals surface area contributed by atoms with Crippen molar-refractivity contribution in [1.29, 1.82) is 0 Å². The zero-order valence-electron chi connectivity index (χ0n) is 25.4. The van der Waals surface area contributed by atoms with Crippen molar-refractivity contribution >= 4 is 16.1 Å².